The average molecular weight is 504 g/mol. The minimum absolute atomic E-state index is 0.0355. The van der Waals surface area contributed by atoms with Crippen LogP contribution in [0.5, 0.6) is 23.0 Å². The van der Waals surface area contributed by atoms with Gasteiger partial charge in [0.1, 0.15) is 17.3 Å². The van der Waals surface area contributed by atoms with Gasteiger partial charge >= 0.3 is 0 Å². The molecule has 0 aliphatic carbocycles. The number of carbonyl (C=O) groups excluding carboxylic acids is 2. The number of hydrogen-bond acceptors (Lipinski definition) is 7. The molecule has 1 atom stereocenters. The number of phenolic OH excluding ortho intramolecular Hbond substituents is 1. The van der Waals surface area contributed by atoms with Crippen LogP contribution in [-0.2, 0) is 9.59 Å². The summed E-state index contributed by atoms with van der Waals surface area (Å²) in [6.07, 6.45) is 0. The summed E-state index contributed by atoms with van der Waals surface area (Å²) in [5, 5.41) is 21.5. The van der Waals surface area contributed by atoms with Crippen LogP contribution in [0.2, 0.25) is 0 Å². The number of nitrogens with zero attached hydrogens (tertiary/aromatic N) is 1. The summed E-state index contributed by atoms with van der Waals surface area (Å²) in [6.45, 7) is 4.63. The first kappa shape index (κ1) is 25.6. The van der Waals surface area contributed by atoms with E-state index >= 15 is 0 Å². The number of ether oxygens (including phenoxy) is 3. The maximum absolute atomic E-state index is 13.3. The Kier molecular flexibility index (Phi) is 7.38. The number of methoxy groups -OCH3 is 2. The minimum Gasteiger partial charge on any atom is -0.508 e. The van der Waals surface area contributed by atoms with E-state index in [0.29, 0.717) is 41.0 Å². The predicted octanol–water partition coefficient (Wildman–Crippen LogP) is 5.07. The molecule has 37 heavy (non-hydrogen) atoms. The van der Waals surface area contributed by atoms with Crippen molar-refractivity contribution < 1.29 is 34.0 Å². The molecule has 1 fully saturated rings. The van der Waals surface area contributed by atoms with E-state index in [1.54, 1.807) is 48.5 Å². The van der Waals surface area contributed by atoms with Crippen molar-refractivity contribution in [3.63, 3.8) is 0 Å². The summed E-state index contributed by atoms with van der Waals surface area (Å²) in [4.78, 5) is 28.0. The van der Waals surface area contributed by atoms with Crippen LogP contribution in [0.1, 0.15) is 31.0 Å². The van der Waals surface area contributed by atoms with Gasteiger partial charge in [-0.2, -0.15) is 0 Å². The van der Waals surface area contributed by atoms with Crippen molar-refractivity contribution in [2.24, 2.45) is 5.92 Å². The van der Waals surface area contributed by atoms with Crippen LogP contribution in [0, 0.1) is 5.92 Å². The third-order valence-corrected chi connectivity index (χ3v) is 5.99. The molecule has 1 amide bonds. The fourth-order valence-corrected chi connectivity index (χ4v) is 4.21. The van der Waals surface area contributed by atoms with E-state index in [-0.39, 0.29) is 22.6 Å². The molecule has 192 valence electrons. The van der Waals surface area contributed by atoms with Crippen LogP contribution < -0.4 is 19.1 Å². The van der Waals surface area contributed by atoms with Crippen LogP contribution in [-0.4, -0.2) is 42.7 Å². The topological polar surface area (TPSA) is 106 Å². The molecule has 8 heteroatoms. The Morgan fingerprint density at radius 3 is 2.27 bits per heavy atom. The standard InChI is InChI=1S/C29H29NO7/c1-17(2)16-37-22-11-9-20(10-12-22)30-26(18-6-5-7-21(31)14-18)25(28(33)29(30)34)27(32)19-8-13-23(35-3)24(15-19)36-4/h5-15,17,26,31-32H,16H2,1-4H3/b27-25-. The molecule has 1 unspecified atom stereocenters. The second kappa shape index (κ2) is 10.7. The van der Waals surface area contributed by atoms with E-state index in [2.05, 4.69) is 0 Å². The van der Waals surface area contributed by atoms with Crippen LogP contribution in [0.3, 0.4) is 0 Å². The lowest BCUT2D eigenvalue weighted by atomic mass is 9.95. The van der Waals surface area contributed by atoms with Crippen LogP contribution in [0.25, 0.3) is 5.76 Å². The van der Waals surface area contributed by atoms with E-state index in [1.165, 1.54) is 37.3 Å². The summed E-state index contributed by atoms with van der Waals surface area (Å²) < 4.78 is 16.3. The zero-order chi connectivity index (χ0) is 26.7. The van der Waals surface area contributed by atoms with E-state index in [4.69, 9.17) is 14.2 Å². The molecule has 0 saturated carbocycles. The molecule has 0 radical (unpaired) electrons. The Morgan fingerprint density at radius 1 is 0.946 bits per heavy atom. The molecule has 1 aliphatic rings. The Morgan fingerprint density at radius 2 is 1.65 bits per heavy atom. The van der Waals surface area contributed by atoms with Gasteiger partial charge < -0.3 is 24.4 Å². The first-order chi connectivity index (χ1) is 17.7. The highest BCUT2D eigenvalue weighted by Gasteiger charge is 2.47. The first-order valence-electron chi connectivity index (χ1n) is 11.8. The van der Waals surface area contributed by atoms with Gasteiger partial charge in [-0.25, -0.2) is 0 Å². The van der Waals surface area contributed by atoms with Crippen LogP contribution in [0.4, 0.5) is 5.69 Å². The Hall–Kier alpha value is -4.46. The van der Waals surface area contributed by atoms with E-state index < -0.39 is 17.7 Å². The Labute approximate surface area is 215 Å². The second-order valence-electron chi connectivity index (χ2n) is 9.03. The van der Waals surface area contributed by atoms with Crippen LogP contribution in [0.15, 0.2) is 72.3 Å². The number of amides is 1. The molecule has 3 aromatic carbocycles. The summed E-state index contributed by atoms with van der Waals surface area (Å²) in [6, 6.07) is 16.8. The normalized spacial score (nSPS) is 16.8. The number of aliphatic hydroxyl groups is 1. The van der Waals surface area contributed by atoms with Gasteiger partial charge in [-0.05, 0) is 66.1 Å². The van der Waals surface area contributed by atoms with Crippen molar-refractivity contribution in [1.29, 1.82) is 0 Å². The third-order valence-electron chi connectivity index (χ3n) is 5.99. The number of hydrogen-bond donors (Lipinski definition) is 2. The van der Waals surface area contributed by atoms with Crippen molar-refractivity contribution in [3.05, 3.63) is 83.4 Å². The lowest BCUT2D eigenvalue weighted by Crippen LogP contribution is -2.29. The maximum atomic E-state index is 13.3. The van der Waals surface area contributed by atoms with E-state index in [9.17, 15) is 19.8 Å². The zero-order valence-electron chi connectivity index (χ0n) is 21.1. The van der Waals surface area contributed by atoms with Gasteiger partial charge in [-0.1, -0.05) is 26.0 Å². The Bertz CT molecular complexity index is 1340. The van der Waals surface area contributed by atoms with Crippen molar-refractivity contribution in [1.82, 2.24) is 0 Å². The van der Waals surface area contributed by atoms with E-state index in [0.717, 1.165) is 0 Å². The first-order valence-corrected chi connectivity index (χ1v) is 11.8. The van der Waals surface area contributed by atoms with Crippen molar-refractivity contribution in [2.45, 2.75) is 19.9 Å². The molecule has 0 aromatic heterocycles. The molecule has 3 aromatic rings. The predicted molar refractivity (Wildman–Crippen MR) is 139 cm³/mol. The molecular weight excluding hydrogens is 474 g/mol. The average Bonchev–Trinajstić information content (AvgIpc) is 3.17. The maximum Gasteiger partial charge on any atom is 0.300 e. The number of aromatic hydroxyl groups is 1. The molecule has 0 spiro atoms. The van der Waals surface area contributed by atoms with Gasteiger partial charge in [0.25, 0.3) is 11.7 Å². The fourth-order valence-electron chi connectivity index (χ4n) is 4.21. The largest absolute Gasteiger partial charge is 0.508 e. The van der Waals surface area contributed by atoms with Gasteiger partial charge in [0.2, 0.25) is 0 Å². The number of anilines is 1. The molecule has 1 aliphatic heterocycles. The SMILES string of the molecule is COc1ccc(/C(O)=C2/C(=O)C(=O)N(c3ccc(OCC(C)C)cc3)C2c2cccc(O)c2)cc1OC. The summed E-state index contributed by atoms with van der Waals surface area (Å²) in [7, 11) is 2.95. The monoisotopic (exact) mass is 503 g/mol. The van der Waals surface area contributed by atoms with Crippen LogP contribution >= 0.6 is 0 Å². The number of Topliss-reactive ketones (excluding diaryl/α,β-unsaturated/α-hetero) is 1. The quantitative estimate of drug-likeness (QED) is 0.251. The van der Waals surface area contributed by atoms with Gasteiger partial charge in [0, 0.05) is 11.3 Å². The summed E-state index contributed by atoms with van der Waals surface area (Å²) in [5.41, 5.74) is 1.07. The molecule has 0 bridgehead atoms. The van der Waals surface area contributed by atoms with Gasteiger partial charge in [-0.15, -0.1) is 0 Å². The number of benzene rings is 3. The van der Waals surface area contributed by atoms with Gasteiger partial charge in [0.15, 0.2) is 11.5 Å². The van der Waals surface area contributed by atoms with Crippen molar-refractivity contribution >= 4 is 23.1 Å². The fraction of sp³-hybridized carbons (Fsp3) is 0.241. The molecule has 1 heterocycles. The smallest absolute Gasteiger partial charge is 0.300 e. The summed E-state index contributed by atoms with van der Waals surface area (Å²) >= 11 is 0. The third kappa shape index (κ3) is 5.09. The molecule has 4 rings (SSSR count). The second-order valence-corrected chi connectivity index (χ2v) is 9.03. The minimum atomic E-state index is -0.984. The molecule has 8 nitrogen and oxygen atoms in total. The van der Waals surface area contributed by atoms with Crippen molar-refractivity contribution in [2.75, 3.05) is 25.7 Å². The van der Waals surface area contributed by atoms with Gasteiger partial charge in [-0.3, -0.25) is 14.5 Å². The van der Waals surface area contributed by atoms with E-state index in [1.807, 2.05) is 13.8 Å². The summed E-state index contributed by atoms with van der Waals surface area (Å²) in [5.74, 6) is -0.269. The highest BCUT2D eigenvalue weighted by Crippen LogP contribution is 2.43. The number of aliphatic hydroxyl groups excluding tert-OH is 1. The number of rotatable bonds is 8. The number of phenols is 1. The zero-order valence-corrected chi connectivity index (χ0v) is 21.1. The number of ketones is 1. The lowest BCUT2D eigenvalue weighted by molar-refractivity contribution is -0.132. The lowest BCUT2D eigenvalue weighted by Gasteiger charge is -2.26. The number of carbonyl (C=O) groups is 2. The Balaban J connectivity index is 1.84. The van der Waals surface area contributed by atoms with Gasteiger partial charge in [0.05, 0.1) is 32.4 Å². The molecular formula is C29H29NO7. The molecule has 2 N–H and O–H groups in total. The molecule has 1 saturated heterocycles. The highest BCUT2D eigenvalue weighted by molar-refractivity contribution is 6.51. The van der Waals surface area contributed by atoms with Crippen molar-refractivity contribution in [3.8, 4) is 23.0 Å². The highest BCUT2D eigenvalue weighted by atomic mass is 16.5.